The zero-order valence-electron chi connectivity index (χ0n) is 10.7. The summed E-state index contributed by atoms with van der Waals surface area (Å²) in [5, 5.41) is 0. The molecular formula is C15H22O. The van der Waals surface area contributed by atoms with E-state index in [1.54, 1.807) is 6.08 Å². The van der Waals surface area contributed by atoms with Crippen molar-refractivity contribution in [1.29, 1.82) is 0 Å². The molecular weight excluding hydrogens is 196 g/mol. The fourth-order valence-corrected chi connectivity index (χ4v) is 3.60. The van der Waals surface area contributed by atoms with E-state index in [0.29, 0.717) is 18.3 Å². The predicted molar refractivity (Wildman–Crippen MR) is 67.1 cm³/mol. The average Bonchev–Trinajstić information content (AvgIpc) is 2.69. The van der Waals surface area contributed by atoms with Crippen molar-refractivity contribution in [2.45, 2.75) is 46.5 Å². The molecule has 2 bridgehead atoms. The lowest BCUT2D eigenvalue weighted by molar-refractivity contribution is -0.116. The second-order valence-electron chi connectivity index (χ2n) is 6.01. The molecule has 2 aliphatic rings. The molecule has 0 N–H and O–H groups in total. The van der Waals surface area contributed by atoms with E-state index < -0.39 is 0 Å². The van der Waals surface area contributed by atoms with E-state index in [1.807, 2.05) is 13.8 Å². The Morgan fingerprint density at radius 2 is 2.19 bits per heavy atom. The molecule has 0 radical (unpaired) electrons. The largest absolute Gasteiger partial charge is 0.295 e. The van der Waals surface area contributed by atoms with E-state index in [9.17, 15) is 4.79 Å². The van der Waals surface area contributed by atoms with Crippen LogP contribution in [0.5, 0.6) is 0 Å². The number of carbonyl (C=O) groups is 1. The molecule has 0 aliphatic heterocycles. The standard InChI is InChI=1S/C15H22O/c1-10(2)7-14(16)9-15(4)11(3)12-5-6-13(15)8-12/h7,12-13H,3,5-6,8-9H2,1-2,4H3/t12-,13+,15+/m0/s1. The van der Waals surface area contributed by atoms with Gasteiger partial charge in [0.25, 0.3) is 0 Å². The van der Waals surface area contributed by atoms with Crippen molar-refractivity contribution in [3.63, 3.8) is 0 Å². The Hall–Kier alpha value is -0.850. The first-order chi connectivity index (χ1) is 7.43. The van der Waals surface area contributed by atoms with Gasteiger partial charge in [-0.05, 0) is 56.4 Å². The van der Waals surface area contributed by atoms with Crippen molar-refractivity contribution in [1.82, 2.24) is 0 Å². The third-order valence-corrected chi connectivity index (χ3v) is 4.55. The van der Waals surface area contributed by atoms with Crippen molar-refractivity contribution < 1.29 is 4.79 Å². The molecule has 2 aliphatic carbocycles. The first-order valence-corrected chi connectivity index (χ1v) is 6.30. The van der Waals surface area contributed by atoms with Crippen LogP contribution in [0.3, 0.4) is 0 Å². The number of ketones is 1. The number of fused-ring (bicyclic) bond motifs is 2. The van der Waals surface area contributed by atoms with Gasteiger partial charge in [0.05, 0.1) is 0 Å². The summed E-state index contributed by atoms with van der Waals surface area (Å²) in [6.45, 7) is 10.5. The van der Waals surface area contributed by atoms with Crippen LogP contribution in [-0.4, -0.2) is 5.78 Å². The van der Waals surface area contributed by atoms with Crippen LogP contribution in [0.1, 0.15) is 46.5 Å². The fraction of sp³-hybridized carbons (Fsp3) is 0.667. The Morgan fingerprint density at radius 3 is 2.69 bits per heavy atom. The summed E-state index contributed by atoms with van der Waals surface area (Å²) in [5.74, 6) is 1.69. The topological polar surface area (TPSA) is 17.1 Å². The Morgan fingerprint density at radius 1 is 1.50 bits per heavy atom. The van der Waals surface area contributed by atoms with Gasteiger partial charge >= 0.3 is 0 Å². The van der Waals surface area contributed by atoms with Crippen LogP contribution in [0.15, 0.2) is 23.8 Å². The van der Waals surface area contributed by atoms with Crippen LogP contribution in [0.4, 0.5) is 0 Å². The van der Waals surface area contributed by atoms with Gasteiger partial charge in [0.1, 0.15) is 0 Å². The summed E-state index contributed by atoms with van der Waals surface area (Å²) in [6.07, 6.45) is 6.32. The summed E-state index contributed by atoms with van der Waals surface area (Å²) in [5.41, 5.74) is 2.54. The predicted octanol–water partition coefficient (Wildman–Crippen LogP) is 3.90. The third kappa shape index (κ3) is 1.77. The minimum Gasteiger partial charge on any atom is -0.295 e. The van der Waals surface area contributed by atoms with Crippen LogP contribution in [0, 0.1) is 17.3 Å². The lowest BCUT2D eigenvalue weighted by Gasteiger charge is -2.35. The van der Waals surface area contributed by atoms with E-state index in [4.69, 9.17) is 0 Å². The molecule has 16 heavy (non-hydrogen) atoms. The molecule has 2 rings (SSSR count). The molecule has 3 atom stereocenters. The first-order valence-electron chi connectivity index (χ1n) is 6.30. The van der Waals surface area contributed by atoms with Crippen LogP contribution in [0.2, 0.25) is 0 Å². The Labute approximate surface area is 98.6 Å². The van der Waals surface area contributed by atoms with Crippen molar-refractivity contribution in [2.24, 2.45) is 17.3 Å². The van der Waals surface area contributed by atoms with Gasteiger partial charge in [0.2, 0.25) is 0 Å². The van der Waals surface area contributed by atoms with Crippen molar-refractivity contribution in [3.8, 4) is 0 Å². The lowest BCUT2D eigenvalue weighted by Crippen LogP contribution is -2.28. The number of hydrogen-bond donors (Lipinski definition) is 0. The molecule has 1 heteroatoms. The summed E-state index contributed by atoms with van der Waals surface area (Å²) in [4.78, 5) is 11.9. The van der Waals surface area contributed by atoms with Crippen molar-refractivity contribution in [2.75, 3.05) is 0 Å². The van der Waals surface area contributed by atoms with Gasteiger partial charge < -0.3 is 0 Å². The normalized spacial score (nSPS) is 36.6. The van der Waals surface area contributed by atoms with Gasteiger partial charge in [-0.25, -0.2) is 0 Å². The SMILES string of the molecule is C=C1[C@H]2CC[C@H](C2)[C@]1(C)CC(=O)C=C(C)C. The highest BCUT2D eigenvalue weighted by molar-refractivity contribution is 5.91. The van der Waals surface area contributed by atoms with Crippen LogP contribution >= 0.6 is 0 Å². The highest BCUT2D eigenvalue weighted by atomic mass is 16.1. The first kappa shape index (κ1) is 11.6. The monoisotopic (exact) mass is 218 g/mol. The molecule has 0 heterocycles. The van der Waals surface area contributed by atoms with Crippen LogP contribution < -0.4 is 0 Å². The second kappa shape index (κ2) is 3.87. The van der Waals surface area contributed by atoms with E-state index in [2.05, 4.69) is 13.5 Å². The smallest absolute Gasteiger partial charge is 0.156 e. The minimum atomic E-state index is 0.0892. The number of hydrogen-bond acceptors (Lipinski definition) is 1. The summed E-state index contributed by atoms with van der Waals surface area (Å²) in [6, 6.07) is 0. The van der Waals surface area contributed by atoms with Crippen LogP contribution in [-0.2, 0) is 4.79 Å². The molecule has 1 nitrogen and oxygen atoms in total. The maximum absolute atomic E-state index is 11.9. The molecule has 0 aromatic heterocycles. The molecule has 0 unspecified atom stereocenters. The maximum Gasteiger partial charge on any atom is 0.156 e. The van der Waals surface area contributed by atoms with Gasteiger partial charge in [-0.15, -0.1) is 0 Å². The molecule has 2 fully saturated rings. The highest BCUT2D eigenvalue weighted by Crippen LogP contribution is 2.60. The molecule has 2 saturated carbocycles. The molecule has 0 aromatic carbocycles. The van der Waals surface area contributed by atoms with Gasteiger partial charge in [-0.3, -0.25) is 4.79 Å². The van der Waals surface area contributed by atoms with Gasteiger partial charge in [0, 0.05) is 6.42 Å². The van der Waals surface area contributed by atoms with Crippen LogP contribution in [0.25, 0.3) is 0 Å². The molecule has 0 saturated heterocycles. The zero-order chi connectivity index (χ0) is 11.9. The molecule has 88 valence electrons. The lowest BCUT2D eigenvalue weighted by atomic mass is 9.69. The second-order valence-corrected chi connectivity index (χ2v) is 6.01. The molecule has 0 amide bonds. The molecule has 0 spiro atoms. The molecule has 0 aromatic rings. The number of carbonyl (C=O) groups excluding carboxylic acids is 1. The summed E-state index contributed by atoms with van der Waals surface area (Å²) in [7, 11) is 0. The van der Waals surface area contributed by atoms with Gasteiger partial charge in [-0.2, -0.15) is 0 Å². The van der Waals surface area contributed by atoms with E-state index >= 15 is 0 Å². The quantitative estimate of drug-likeness (QED) is 0.518. The van der Waals surface area contributed by atoms with Crippen molar-refractivity contribution in [3.05, 3.63) is 23.8 Å². The minimum absolute atomic E-state index is 0.0892. The van der Waals surface area contributed by atoms with Gasteiger partial charge in [-0.1, -0.05) is 24.6 Å². The number of allylic oxidation sites excluding steroid dienone is 3. The van der Waals surface area contributed by atoms with E-state index in [1.165, 1.54) is 24.8 Å². The summed E-state index contributed by atoms with van der Waals surface area (Å²) >= 11 is 0. The van der Waals surface area contributed by atoms with Gasteiger partial charge in [0.15, 0.2) is 5.78 Å². The highest BCUT2D eigenvalue weighted by Gasteiger charge is 2.51. The van der Waals surface area contributed by atoms with Crippen molar-refractivity contribution >= 4 is 5.78 Å². The Balaban J connectivity index is 2.12. The van der Waals surface area contributed by atoms with E-state index in [0.717, 1.165) is 5.57 Å². The Kier molecular flexibility index (Phi) is 2.81. The Bertz CT molecular complexity index is 360. The number of rotatable bonds is 3. The average molecular weight is 218 g/mol. The zero-order valence-corrected chi connectivity index (χ0v) is 10.7. The van der Waals surface area contributed by atoms with E-state index in [-0.39, 0.29) is 11.2 Å². The maximum atomic E-state index is 11.9. The fourth-order valence-electron chi connectivity index (χ4n) is 3.60. The summed E-state index contributed by atoms with van der Waals surface area (Å²) < 4.78 is 0. The third-order valence-electron chi connectivity index (χ3n) is 4.55.